The summed E-state index contributed by atoms with van der Waals surface area (Å²) in [5.41, 5.74) is 9.87. The number of carbonyl (C=O) groups is 1. The Morgan fingerprint density at radius 2 is 1.84 bits per heavy atom. The van der Waals surface area contributed by atoms with E-state index >= 15 is 0 Å². The maximum absolute atomic E-state index is 14.0. The number of H-pyrrole nitrogens is 1. The molecule has 9 nitrogen and oxygen atoms in total. The van der Waals surface area contributed by atoms with Gasteiger partial charge in [0.2, 0.25) is 5.78 Å². The number of aryl methyl sites for hydroxylation is 2. The Bertz CT molecular complexity index is 1980. The van der Waals surface area contributed by atoms with E-state index in [-0.39, 0.29) is 28.6 Å². The van der Waals surface area contributed by atoms with E-state index in [1.165, 1.54) is 23.0 Å². The van der Waals surface area contributed by atoms with Gasteiger partial charge in [-0.3, -0.25) is 9.48 Å². The maximum Gasteiger partial charge on any atom is 0.272 e. The van der Waals surface area contributed by atoms with E-state index in [4.69, 9.17) is 15.2 Å². The van der Waals surface area contributed by atoms with Crippen LogP contribution >= 0.6 is 0 Å². The van der Waals surface area contributed by atoms with Gasteiger partial charge in [0.05, 0.1) is 29.3 Å². The third-order valence-corrected chi connectivity index (χ3v) is 6.86. The van der Waals surface area contributed by atoms with Crippen LogP contribution in [0.2, 0.25) is 0 Å². The number of anilines is 1. The minimum Gasteiger partial charge on any atom is -0.487 e. The first-order valence-corrected chi connectivity index (χ1v) is 13.2. The highest BCUT2D eigenvalue weighted by Crippen LogP contribution is 2.35. The average Bonchev–Trinajstić information content (AvgIpc) is 3.71. The van der Waals surface area contributed by atoms with Gasteiger partial charge in [0, 0.05) is 35.3 Å². The molecule has 3 aromatic carbocycles. The lowest BCUT2D eigenvalue weighted by Crippen LogP contribution is -2.07. The molecule has 0 fully saturated rings. The van der Waals surface area contributed by atoms with Crippen molar-refractivity contribution in [1.82, 2.24) is 24.5 Å². The minimum absolute atomic E-state index is 0.100. The van der Waals surface area contributed by atoms with Gasteiger partial charge in [-0.05, 0) is 61.0 Å². The Morgan fingerprint density at radius 3 is 2.56 bits per heavy atom. The molecule has 43 heavy (non-hydrogen) atoms. The molecule has 3 heterocycles. The van der Waals surface area contributed by atoms with Crippen molar-refractivity contribution in [3.63, 3.8) is 0 Å². The van der Waals surface area contributed by atoms with Crippen molar-refractivity contribution in [2.45, 2.75) is 13.3 Å². The van der Waals surface area contributed by atoms with Gasteiger partial charge in [-0.25, -0.2) is 17.9 Å². The monoisotopic (exact) mass is 586 g/mol. The molecule has 0 amide bonds. The molecular weight excluding hydrogens is 561 g/mol. The summed E-state index contributed by atoms with van der Waals surface area (Å²) >= 11 is 0. The average molecular weight is 587 g/mol. The van der Waals surface area contributed by atoms with Crippen LogP contribution in [-0.4, -0.2) is 43.4 Å². The summed E-state index contributed by atoms with van der Waals surface area (Å²) < 4.78 is 54.1. The second kappa shape index (κ2) is 11.0. The Balaban J connectivity index is 1.30. The molecule has 0 saturated heterocycles. The standard InChI is InChI=1S/C31H25F3N6O3/c1-17-9-20(7-8-26(17)43-27-6-4-3-5-23(27)32)40-31(35)22(14-37-40)30(41)25-10-18-11-28(42-16-29(33)34)21(12-24(18)38-25)19-13-36-39(2)15-19/h3-15,29,38H,16,35H2,1-2H3. The van der Waals surface area contributed by atoms with E-state index in [0.29, 0.717) is 39.0 Å². The number of para-hydroxylation sites is 1. The lowest BCUT2D eigenvalue weighted by molar-refractivity contribution is 0.0822. The van der Waals surface area contributed by atoms with E-state index in [9.17, 15) is 18.0 Å². The van der Waals surface area contributed by atoms with Crippen LogP contribution in [0.5, 0.6) is 17.2 Å². The largest absolute Gasteiger partial charge is 0.487 e. The third kappa shape index (κ3) is 5.42. The van der Waals surface area contributed by atoms with Gasteiger partial charge >= 0.3 is 0 Å². The summed E-state index contributed by atoms with van der Waals surface area (Å²) in [5.74, 6) is 0.0218. The third-order valence-electron chi connectivity index (χ3n) is 6.86. The predicted octanol–water partition coefficient (Wildman–Crippen LogP) is 6.45. The molecule has 6 aromatic rings. The molecule has 0 aliphatic heterocycles. The number of nitrogens with two attached hydrogens (primary N) is 1. The number of aromatic nitrogens is 5. The van der Waals surface area contributed by atoms with Crippen molar-refractivity contribution in [2.24, 2.45) is 7.05 Å². The Hall–Kier alpha value is -5.52. The molecule has 0 aliphatic rings. The Morgan fingerprint density at radius 1 is 1.02 bits per heavy atom. The van der Waals surface area contributed by atoms with E-state index in [1.807, 2.05) is 0 Å². The summed E-state index contributed by atoms with van der Waals surface area (Å²) in [6, 6.07) is 16.2. The van der Waals surface area contributed by atoms with Crippen molar-refractivity contribution in [1.29, 1.82) is 0 Å². The number of rotatable bonds is 9. The first-order valence-electron chi connectivity index (χ1n) is 13.2. The van der Waals surface area contributed by atoms with Crippen molar-refractivity contribution < 1.29 is 27.4 Å². The van der Waals surface area contributed by atoms with Crippen LogP contribution in [0.15, 0.2) is 79.3 Å². The van der Waals surface area contributed by atoms with Crippen LogP contribution in [-0.2, 0) is 7.05 Å². The lowest BCUT2D eigenvalue weighted by atomic mass is 10.1. The fourth-order valence-electron chi connectivity index (χ4n) is 4.75. The summed E-state index contributed by atoms with van der Waals surface area (Å²) in [7, 11) is 1.74. The van der Waals surface area contributed by atoms with Crippen LogP contribution in [0.3, 0.4) is 0 Å². The highest BCUT2D eigenvalue weighted by Gasteiger charge is 2.22. The Labute approximate surface area is 243 Å². The van der Waals surface area contributed by atoms with Crippen LogP contribution in [0.25, 0.3) is 27.7 Å². The Kier molecular flexibility index (Phi) is 7.10. The van der Waals surface area contributed by atoms with Crippen molar-refractivity contribution in [3.8, 4) is 34.1 Å². The van der Waals surface area contributed by atoms with E-state index in [1.54, 1.807) is 79.6 Å². The highest BCUT2D eigenvalue weighted by atomic mass is 19.3. The van der Waals surface area contributed by atoms with Crippen molar-refractivity contribution in [2.75, 3.05) is 12.3 Å². The van der Waals surface area contributed by atoms with Gasteiger partial charge in [0.1, 0.15) is 23.9 Å². The molecule has 218 valence electrons. The van der Waals surface area contributed by atoms with Crippen LogP contribution in [0.4, 0.5) is 19.0 Å². The maximum atomic E-state index is 14.0. The summed E-state index contributed by atoms with van der Waals surface area (Å²) in [4.78, 5) is 16.6. The first-order chi connectivity index (χ1) is 20.7. The zero-order valence-electron chi connectivity index (χ0n) is 23.0. The molecule has 3 aromatic heterocycles. The van der Waals surface area contributed by atoms with Gasteiger partial charge in [0.25, 0.3) is 6.43 Å². The van der Waals surface area contributed by atoms with Crippen LogP contribution in [0, 0.1) is 12.7 Å². The quantitative estimate of drug-likeness (QED) is 0.188. The molecule has 0 aliphatic carbocycles. The number of nitrogens with zero attached hydrogens (tertiary/aromatic N) is 4. The number of benzene rings is 3. The number of hydrogen-bond acceptors (Lipinski definition) is 6. The molecule has 6 rings (SSSR count). The SMILES string of the molecule is Cc1cc(-n2ncc(C(=O)c3cc4cc(OCC(F)F)c(-c5cnn(C)c5)cc4[nH]3)c2N)ccc1Oc1ccccc1F. The topological polar surface area (TPSA) is 113 Å². The number of aromatic amines is 1. The summed E-state index contributed by atoms with van der Waals surface area (Å²) in [6.07, 6.45) is 2.06. The molecule has 0 bridgehead atoms. The number of halogens is 3. The van der Waals surface area contributed by atoms with Gasteiger partial charge in [-0.1, -0.05) is 12.1 Å². The number of ketones is 1. The zero-order valence-corrected chi connectivity index (χ0v) is 23.0. The van der Waals surface area contributed by atoms with Crippen molar-refractivity contribution >= 4 is 22.5 Å². The fraction of sp³-hybridized carbons (Fsp3) is 0.129. The van der Waals surface area contributed by atoms with Gasteiger partial charge < -0.3 is 20.2 Å². The number of nitrogen functional groups attached to an aromatic ring is 1. The summed E-state index contributed by atoms with van der Waals surface area (Å²) in [5, 5.41) is 9.07. The zero-order chi connectivity index (χ0) is 30.2. The molecule has 3 N–H and O–H groups in total. The molecule has 0 spiro atoms. The first kappa shape index (κ1) is 27.6. The van der Waals surface area contributed by atoms with Gasteiger partial charge in [0.15, 0.2) is 11.6 Å². The molecule has 0 radical (unpaired) electrons. The highest BCUT2D eigenvalue weighted by molar-refractivity contribution is 6.12. The number of alkyl halides is 2. The minimum atomic E-state index is -2.65. The second-order valence-corrected chi connectivity index (χ2v) is 9.89. The van der Waals surface area contributed by atoms with Crippen LogP contribution in [0.1, 0.15) is 21.6 Å². The van der Waals surface area contributed by atoms with Gasteiger partial charge in [-0.2, -0.15) is 10.2 Å². The second-order valence-electron chi connectivity index (χ2n) is 9.89. The number of carbonyl (C=O) groups excluding carboxylic acids is 1. The number of fused-ring (bicyclic) bond motifs is 1. The molecule has 0 atom stereocenters. The van der Waals surface area contributed by atoms with E-state index in [2.05, 4.69) is 15.2 Å². The van der Waals surface area contributed by atoms with Gasteiger partial charge in [-0.15, -0.1) is 0 Å². The smallest absolute Gasteiger partial charge is 0.272 e. The molecule has 12 heteroatoms. The lowest BCUT2D eigenvalue weighted by Gasteiger charge is -2.12. The van der Waals surface area contributed by atoms with Crippen LogP contribution < -0.4 is 15.2 Å². The predicted molar refractivity (Wildman–Crippen MR) is 155 cm³/mol. The van der Waals surface area contributed by atoms with E-state index in [0.717, 1.165) is 0 Å². The van der Waals surface area contributed by atoms with E-state index < -0.39 is 24.6 Å². The molecule has 0 saturated carbocycles. The number of ether oxygens (including phenoxy) is 2. The number of nitrogens with one attached hydrogen (secondary N) is 1. The number of hydrogen-bond donors (Lipinski definition) is 2. The summed E-state index contributed by atoms with van der Waals surface area (Å²) in [6.45, 7) is 1.02. The normalized spacial score (nSPS) is 11.4. The fourth-order valence-corrected chi connectivity index (χ4v) is 4.75. The molecular formula is C31H25F3N6O3. The van der Waals surface area contributed by atoms with Crippen molar-refractivity contribution in [3.05, 3.63) is 102 Å². The molecule has 0 unspecified atom stereocenters.